The lowest BCUT2D eigenvalue weighted by Gasteiger charge is -2.39. The van der Waals surface area contributed by atoms with E-state index in [1.54, 1.807) is 12.3 Å². The number of fused-ring (bicyclic) bond motifs is 1. The van der Waals surface area contributed by atoms with Crippen molar-refractivity contribution in [2.24, 2.45) is 10.8 Å². The number of hydrogen-bond donors (Lipinski definition) is 0. The lowest BCUT2D eigenvalue weighted by molar-refractivity contribution is 0.130. The predicted molar refractivity (Wildman–Crippen MR) is 100 cm³/mol. The third-order valence-corrected chi connectivity index (χ3v) is 5.64. The second-order valence-electron chi connectivity index (χ2n) is 8.13. The molecule has 3 nitrogen and oxygen atoms in total. The largest absolute Gasteiger partial charge is 0.287 e. The van der Waals surface area contributed by atoms with E-state index in [1.165, 1.54) is 12.1 Å². The topological polar surface area (TPSA) is 30.2 Å². The van der Waals surface area contributed by atoms with E-state index < -0.39 is 0 Å². The molecule has 0 aliphatic heterocycles. The van der Waals surface area contributed by atoms with Crippen molar-refractivity contribution in [3.63, 3.8) is 0 Å². The normalized spacial score (nSPS) is 12.8. The Morgan fingerprint density at radius 2 is 1.88 bits per heavy atom. The van der Waals surface area contributed by atoms with Gasteiger partial charge in [-0.05, 0) is 41.5 Å². The van der Waals surface area contributed by atoms with Crippen molar-refractivity contribution in [1.82, 2.24) is 14.4 Å². The smallest absolute Gasteiger partial charge is 0.234 e. The van der Waals surface area contributed by atoms with Gasteiger partial charge in [0.2, 0.25) is 5.78 Å². The first-order chi connectivity index (χ1) is 11.6. The lowest BCUT2D eigenvalue weighted by Crippen LogP contribution is -2.32. The molecule has 2 aromatic heterocycles. The van der Waals surface area contributed by atoms with Crippen LogP contribution in [0.4, 0.5) is 4.39 Å². The Morgan fingerprint density at radius 1 is 1.16 bits per heavy atom. The van der Waals surface area contributed by atoms with Gasteiger partial charge in [-0.2, -0.15) is 0 Å². The van der Waals surface area contributed by atoms with Gasteiger partial charge in [-0.15, -0.1) is 0 Å². The van der Waals surface area contributed by atoms with Gasteiger partial charge in [0.05, 0.1) is 16.4 Å². The van der Waals surface area contributed by atoms with Gasteiger partial charge in [-0.25, -0.2) is 14.4 Å². The first-order valence-electron chi connectivity index (χ1n) is 8.37. The van der Waals surface area contributed by atoms with Crippen LogP contribution in [0.5, 0.6) is 0 Å². The zero-order valence-corrected chi connectivity index (χ0v) is 16.0. The van der Waals surface area contributed by atoms with Gasteiger partial charge in [0.15, 0.2) is 0 Å². The molecule has 25 heavy (non-hydrogen) atoms. The van der Waals surface area contributed by atoms with Crippen molar-refractivity contribution in [1.29, 1.82) is 0 Å². The summed E-state index contributed by atoms with van der Waals surface area (Å²) in [5.74, 6) is 0.268. The zero-order chi connectivity index (χ0) is 18.4. The summed E-state index contributed by atoms with van der Waals surface area (Å²) in [7, 11) is 0. The first-order valence-corrected chi connectivity index (χ1v) is 8.75. The van der Waals surface area contributed by atoms with Gasteiger partial charge in [0.1, 0.15) is 5.82 Å². The summed E-state index contributed by atoms with van der Waals surface area (Å²) < 4.78 is 15.5. The molecule has 0 saturated carbocycles. The third-order valence-electron chi connectivity index (χ3n) is 5.33. The van der Waals surface area contributed by atoms with E-state index in [1.807, 2.05) is 16.7 Å². The summed E-state index contributed by atoms with van der Waals surface area (Å²) in [6.45, 7) is 11.2. The molecule has 0 fully saturated rings. The van der Waals surface area contributed by atoms with Gasteiger partial charge < -0.3 is 0 Å². The zero-order valence-electron chi connectivity index (χ0n) is 15.3. The Morgan fingerprint density at radius 3 is 2.52 bits per heavy atom. The summed E-state index contributed by atoms with van der Waals surface area (Å²) in [5, 5.41) is 0.359. The molecule has 2 heterocycles. The number of imidazole rings is 1. The highest BCUT2D eigenvalue weighted by molar-refractivity contribution is 6.33. The highest BCUT2D eigenvalue weighted by Crippen LogP contribution is 2.42. The molecular formula is C20H23ClFN3. The fourth-order valence-electron chi connectivity index (χ4n) is 2.69. The van der Waals surface area contributed by atoms with Crippen LogP contribution in [0.2, 0.25) is 5.02 Å². The van der Waals surface area contributed by atoms with Crippen LogP contribution in [0.25, 0.3) is 17.0 Å². The minimum atomic E-state index is -0.354. The lowest BCUT2D eigenvalue weighted by atomic mass is 9.66. The highest BCUT2D eigenvalue weighted by atomic mass is 35.5. The van der Waals surface area contributed by atoms with Crippen LogP contribution in [-0.2, 0) is 6.42 Å². The van der Waals surface area contributed by atoms with E-state index in [2.05, 4.69) is 44.6 Å². The average molecular weight is 360 g/mol. The Hall–Kier alpha value is -1.94. The Kier molecular flexibility index (Phi) is 4.36. The number of hydrogen-bond acceptors (Lipinski definition) is 2. The van der Waals surface area contributed by atoms with E-state index in [9.17, 15) is 4.39 Å². The minimum Gasteiger partial charge on any atom is -0.287 e. The molecule has 0 bridgehead atoms. The Bertz CT molecular complexity index is 922. The monoisotopic (exact) mass is 359 g/mol. The molecule has 0 aliphatic rings. The molecule has 0 radical (unpaired) electrons. The van der Waals surface area contributed by atoms with Gasteiger partial charge >= 0.3 is 0 Å². The summed E-state index contributed by atoms with van der Waals surface area (Å²) in [6.07, 6.45) is 4.48. The molecule has 0 saturated heterocycles. The minimum absolute atomic E-state index is 0.0139. The van der Waals surface area contributed by atoms with Gasteiger partial charge in [0, 0.05) is 18.0 Å². The Balaban J connectivity index is 2.22. The maximum atomic E-state index is 13.5. The molecule has 0 aliphatic carbocycles. The number of aromatic nitrogens is 3. The van der Waals surface area contributed by atoms with Crippen molar-refractivity contribution in [3.05, 3.63) is 53.2 Å². The molecular weight excluding hydrogens is 337 g/mol. The molecule has 1 aromatic carbocycles. The van der Waals surface area contributed by atoms with Crippen LogP contribution in [-0.4, -0.2) is 14.4 Å². The summed E-state index contributed by atoms with van der Waals surface area (Å²) >= 11 is 6.32. The predicted octanol–water partition coefficient (Wildman–Crippen LogP) is 5.80. The van der Waals surface area contributed by atoms with Crippen molar-refractivity contribution in [2.45, 2.75) is 41.0 Å². The second-order valence-corrected chi connectivity index (χ2v) is 8.54. The molecule has 0 N–H and O–H groups in total. The standard InChI is InChI=1S/C20H23ClFN3/c1-19(2,3)20(4,5)12-16-17(14-8-7-13(22)11-15(14)21)24-18-23-9-6-10-25(16)18/h6-11H,12H2,1-5H3. The molecule has 0 spiro atoms. The molecule has 3 rings (SSSR count). The van der Waals surface area contributed by atoms with Gasteiger partial charge in [-0.3, -0.25) is 4.40 Å². The maximum Gasteiger partial charge on any atom is 0.234 e. The van der Waals surface area contributed by atoms with E-state index >= 15 is 0 Å². The molecule has 132 valence electrons. The van der Waals surface area contributed by atoms with Crippen LogP contribution < -0.4 is 0 Å². The highest BCUT2D eigenvalue weighted by Gasteiger charge is 2.35. The summed E-state index contributed by atoms with van der Waals surface area (Å²) in [5.41, 5.74) is 2.65. The molecule has 3 aromatic rings. The number of halogens is 2. The SMILES string of the molecule is CC(C)(C)C(C)(C)Cc1c(-c2ccc(F)cc2Cl)nc2ncccn12. The number of nitrogens with zero attached hydrogens (tertiary/aromatic N) is 3. The second kappa shape index (κ2) is 6.10. The molecule has 0 amide bonds. The van der Waals surface area contributed by atoms with Gasteiger partial charge in [0.25, 0.3) is 0 Å². The number of rotatable bonds is 3. The van der Waals surface area contributed by atoms with E-state index in [0.717, 1.165) is 23.4 Å². The Labute approximate surface area is 152 Å². The van der Waals surface area contributed by atoms with Crippen molar-refractivity contribution in [3.8, 4) is 11.3 Å². The summed E-state index contributed by atoms with van der Waals surface area (Å²) in [6, 6.07) is 6.32. The van der Waals surface area contributed by atoms with Crippen LogP contribution in [0.3, 0.4) is 0 Å². The van der Waals surface area contributed by atoms with Crippen molar-refractivity contribution >= 4 is 17.4 Å². The molecule has 0 atom stereocenters. The number of benzene rings is 1. The third kappa shape index (κ3) is 3.28. The maximum absolute atomic E-state index is 13.5. The van der Waals surface area contributed by atoms with Crippen LogP contribution in [0.15, 0.2) is 36.7 Å². The fourth-order valence-corrected chi connectivity index (χ4v) is 2.94. The average Bonchev–Trinajstić information content (AvgIpc) is 2.84. The van der Waals surface area contributed by atoms with E-state index in [-0.39, 0.29) is 16.6 Å². The summed E-state index contributed by atoms with van der Waals surface area (Å²) in [4.78, 5) is 9.05. The quantitative estimate of drug-likeness (QED) is 0.591. The van der Waals surface area contributed by atoms with Crippen LogP contribution in [0, 0.1) is 16.6 Å². The fraction of sp³-hybridized carbons (Fsp3) is 0.400. The van der Waals surface area contributed by atoms with E-state index in [4.69, 9.17) is 11.6 Å². The molecule has 5 heteroatoms. The van der Waals surface area contributed by atoms with Crippen molar-refractivity contribution < 1.29 is 4.39 Å². The first kappa shape index (κ1) is 17.9. The van der Waals surface area contributed by atoms with Crippen LogP contribution >= 0.6 is 11.6 Å². The molecule has 0 unspecified atom stereocenters. The van der Waals surface area contributed by atoms with E-state index in [0.29, 0.717) is 10.8 Å². The van der Waals surface area contributed by atoms with Gasteiger partial charge in [-0.1, -0.05) is 46.2 Å². The van der Waals surface area contributed by atoms with Crippen LogP contribution in [0.1, 0.15) is 40.3 Å². The van der Waals surface area contributed by atoms with Crippen molar-refractivity contribution in [2.75, 3.05) is 0 Å².